The first-order valence-electron chi connectivity index (χ1n) is 5.99. The standard InChI is InChI=1S/C14H13F2N3O2/c15-10-2-4-11(5-3-10)21-13-6-1-9(7-12(13)16)8-19(18)14(17)20/h1-7H,8,18H2,(H2,17,20). The fourth-order valence-electron chi connectivity index (χ4n) is 1.63. The summed E-state index contributed by atoms with van der Waals surface area (Å²) < 4.78 is 31.9. The number of primary amides is 1. The van der Waals surface area contributed by atoms with Crippen molar-refractivity contribution >= 4 is 6.03 Å². The molecule has 0 aliphatic carbocycles. The third-order valence-corrected chi connectivity index (χ3v) is 2.67. The van der Waals surface area contributed by atoms with E-state index >= 15 is 0 Å². The van der Waals surface area contributed by atoms with Crippen LogP contribution in [0, 0.1) is 11.6 Å². The molecule has 0 saturated heterocycles. The van der Waals surface area contributed by atoms with Gasteiger partial charge < -0.3 is 10.5 Å². The molecule has 2 aromatic carbocycles. The highest BCUT2D eigenvalue weighted by Gasteiger charge is 2.10. The molecule has 110 valence electrons. The summed E-state index contributed by atoms with van der Waals surface area (Å²) in [6, 6.07) is 8.49. The highest BCUT2D eigenvalue weighted by Crippen LogP contribution is 2.25. The fourth-order valence-corrected chi connectivity index (χ4v) is 1.63. The van der Waals surface area contributed by atoms with Crippen molar-refractivity contribution in [3.63, 3.8) is 0 Å². The van der Waals surface area contributed by atoms with Crippen molar-refractivity contribution < 1.29 is 18.3 Å². The van der Waals surface area contributed by atoms with E-state index < -0.39 is 17.7 Å². The highest BCUT2D eigenvalue weighted by atomic mass is 19.1. The molecule has 2 rings (SSSR count). The van der Waals surface area contributed by atoms with Gasteiger partial charge >= 0.3 is 6.03 Å². The number of ether oxygens (including phenoxy) is 1. The maximum absolute atomic E-state index is 13.9. The number of urea groups is 1. The lowest BCUT2D eigenvalue weighted by atomic mass is 10.2. The Morgan fingerprint density at radius 2 is 1.81 bits per heavy atom. The Kier molecular flexibility index (Phi) is 4.34. The summed E-state index contributed by atoms with van der Waals surface area (Å²) >= 11 is 0. The molecule has 0 aliphatic rings. The van der Waals surface area contributed by atoms with Gasteiger partial charge in [0.2, 0.25) is 0 Å². The van der Waals surface area contributed by atoms with Crippen molar-refractivity contribution in [2.75, 3.05) is 0 Å². The lowest BCUT2D eigenvalue weighted by Gasteiger charge is -2.14. The second kappa shape index (κ2) is 6.19. The van der Waals surface area contributed by atoms with Gasteiger partial charge in [-0.15, -0.1) is 0 Å². The summed E-state index contributed by atoms with van der Waals surface area (Å²) in [5, 5.41) is 0.759. The molecule has 0 spiro atoms. The molecule has 2 aromatic rings. The third kappa shape index (κ3) is 3.90. The number of hydrogen-bond donors (Lipinski definition) is 2. The van der Waals surface area contributed by atoms with E-state index in [-0.39, 0.29) is 12.3 Å². The number of nitrogens with zero attached hydrogens (tertiary/aromatic N) is 1. The van der Waals surface area contributed by atoms with Crippen molar-refractivity contribution in [2.24, 2.45) is 11.6 Å². The zero-order valence-corrected chi connectivity index (χ0v) is 10.9. The summed E-state index contributed by atoms with van der Waals surface area (Å²) in [5.41, 5.74) is 5.44. The van der Waals surface area contributed by atoms with Gasteiger partial charge in [-0.1, -0.05) is 6.07 Å². The molecular weight excluding hydrogens is 280 g/mol. The Labute approximate surface area is 119 Å². The maximum atomic E-state index is 13.9. The molecule has 0 saturated carbocycles. The summed E-state index contributed by atoms with van der Waals surface area (Å²) in [6.07, 6.45) is 0. The number of carbonyl (C=O) groups excluding carboxylic acids is 1. The van der Waals surface area contributed by atoms with E-state index in [4.69, 9.17) is 16.3 Å². The average Bonchev–Trinajstić information content (AvgIpc) is 2.44. The van der Waals surface area contributed by atoms with Gasteiger partial charge in [0.15, 0.2) is 11.6 Å². The van der Waals surface area contributed by atoms with E-state index in [1.54, 1.807) is 6.07 Å². The fraction of sp³-hybridized carbons (Fsp3) is 0.0714. The number of halogens is 2. The zero-order valence-electron chi connectivity index (χ0n) is 10.9. The van der Waals surface area contributed by atoms with E-state index in [2.05, 4.69) is 0 Å². The molecule has 0 radical (unpaired) electrons. The van der Waals surface area contributed by atoms with Gasteiger partial charge in [-0.25, -0.2) is 19.4 Å². The van der Waals surface area contributed by atoms with Crippen LogP contribution in [0.5, 0.6) is 11.5 Å². The summed E-state index contributed by atoms with van der Waals surface area (Å²) in [4.78, 5) is 10.8. The van der Waals surface area contributed by atoms with Gasteiger partial charge in [0.05, 0.1) is 6.54 Å². The topological polar surface area (TPSA) is 81.6 Å². The van der Waals surface area contributed by atoms with Crippen LogP contribution in [0.1, 0.15) is 5.56 Å². The number of nitrogens with two attached hydrogens (primary N) is 2. The van der Waals surface area contributed by atoms with Crippen LogP contribution in [0.15, 0.2) is 42.5 Å². The molecule has 21 heavy (non-hydrogen) atoms. The number of carbonyl (C=O) groups is 1. The van der Waals surface area contributed by atoms with Crippen LogP contribution in [-0.2, 0) is 6.54 Å². The summed E-state index contributed by atoms with van der Waals surface area (Å²) in [5.74, 6) is 4.59. The molecule has 0 bridgehead atoms. The molecular formula is C14H13F2N3O2. The highest BCUT2D eigenvalue weighted by molar-refractivity contribution is 5.71. The molecule has 0 unspecified atom stereocenters. The quantitative estimate of drug-likeness (QED) is 0.516. The number of amides is 2. The minimum Gasteiger partial charge on any atom is -0.454 e. The van der Waals surface area contributed by atoms with E-state index in [0.29, 0.717) is 11.3 Å². The van der Waals surface area contributed by atoms with Crippen LogP contribution in [0.25, 0.3) is 0 Å². The second-order valence-corrected chi connectivity index (χ2v) is 4.29. The molecule has 0 aromatic heterocycles. The minimum absolute atomic E-state index is 0.0204. The Bertz CT molecular complexity index is 647. The van der Waals surface area contributed by atoms with Crippen LogP contribution in [0.2, 0.25) is 0 Å². The smallest absolute Gasteiger partial charge is 0.329 e. The monoisotopic (exact) mass is 293 g/mol. The van der Waals surface area contributed by atoms with Crippen molar-refractivity contribution in [3.8, 4) is 11.5 Å². The normalized spacial score (nSPS) is 10.2. The van der Waals surface area contributed by atoms with E-state index in [9.17, 15) is 13.6 Å². The van der Waals surface area contributed by atoms with Gasteiger partial charge in [-0.3, -0.25) is 5.01 Å². The van der Waals surface area contributed by atoms with Gasteiger partial charge in [0.1, 0.15) is 11.6 Å². The second-order valence-electron chi connectivity index (χ2n) is 4.29. The Balaban J connectivity index is 2.12. The van der Waals surface area contributed by atoms with Crippen LogP contribution in [-0.4, -0.2) is 11.0 Å². The first kappa shape index (κ1) is 14.7. The SMILES string of the molecule is NC(=O)N(N)Cc1ccc(Oc2ccc(F)cc2)c(F)c1. The molecule has 4 N–H and O–H groups in total. The van der Waals surface area contributed by atoms with Crippen LogP contribution in [0.4, 0.5) is 13.6 Å². The maximum Gasteiger partial charge on any atom is 0.329 e. The number of benzene rings is 2. The summed E-state index contributed by atoms with van der Waals surface area (Å²) in [7, 11) is 0. The molecule has 0 heterocycles. The number of rotatable bonds is 4. The van der Waals surface area contributed by atoms with Gasteiger partial charge in [0.25, 0.3) is 0 Å². The van der Waals surface area contributed by atoms with Crippen molar-refractivity contribution in [2.45, 2.75) is 6.54 Å². The molecule has 5 nitrogen and oxygen atoms in total. The van der Waals surface area contributed by atoms with Crippen molar-refractivity contribution in [1.82, 2.24) is 5.01 Å². The number of hydrogen-bond acceptors (Lipinski definition) is 3. The molecule has 7 heteroatoms. The predicted octanol–water partition coefficient (Wildman–Crippen LogP) is 2.51. The lowest BCUT2D eigenvalue weighted by Crippen LogP contribution is -2.40. The van der Waals surface area contributed by atoms with Gasteiger partial charge in [-0.05, 0) is 42.0 Å². The van der Waals surface area contributed by atoms with Crippen LogP contribution < -0.4 is 16.3 Å². The van der Waals surface area contributed by atoms with Crippen LogP contribution >= 0.6 is 0 Å². The average molecular weight is 293 g/mol. The van der Waals surface area contributed by atoms with Crippen LogP contribution in [0.3, 0.4) is 0 Å². The third-order valence-electron chi connectivity index (χ3n) is 2.67. The van der Waals surface area contributed by atoms with Crippen molar-refractivity contribution in [1.29, 1.82) is 0 Å². The molecule has 0 atom stereocenters. The van der Waals surface area contributed by atoms with Gasteiger partial charge in [-0.2, -0.15) is 0 Å². The minimum atomic E-state index is -0.818. The first-order chi connectivity index (χ1) is 9.95. The lowest BCUT2D eigenvalue weighted by molar-refractivity contribution is 0.206. The Morgan fingerprint density at radius 1 is 1.14 bits per heavy atom. The molecule has 0 aliphatic heterocycles. The number of hydrazine groups is 1. The Hall–Kier alpha value is -2.67. The van der Waals surface area contributed by atoms with Gasteiger partial charge in [0, 0.05) is 0 Å². The van der Waals surface area contributed by atoms with E-state index in [1.807, 2.05) is 0 Å². The van der Waals surface area contributed by atoms with E-state index in [0.717, 1.165) is 5.01 Å². The van der Waals surface area contributed by atoms with E-state index in [1.165, 1.54) is 36.4 Å². The predicted molar refractivity (Wildman–Crippen MR) is 72.2 cm³/mol. The molecule has 2 amide bonds. The van der Waals surface area contributed by atoms with Crippen molar-refractivity contribution in [3.05, 3.63) is 59.7 Å². The first-order valence-corrected chi connectivity index (χ1v) is 5.99. The molecule has 0 fully saturated rings. The Morgan fingerprint density at radius 3 is 2.38 bits per heavy atom. The largest absolute Gasteiger partial charge is 0.454 e. The summed E-state index contributed by atoms with van der Waals surface area (Å²) in [6.45, 7) is -0.0247. The zero-order chi connectivity index (χ0) is 15.4.